The van der Waals surface area contributed by atoms with Gasteiger partial charge in [-0.05, 0) is 60.0 Å². The molecule has 0 fully saturated rings. The van der Waals surface area contributed by atoms with Crippen molar-refractivity contribution < 1.29 is 41.3 Å². The second-order valence-corrected chi connectivity index (χ2v) is 9.38. The number of carboxylic acid groups (broad SMARTS) is 1. The summed E-state index contributed by atoms with van der Waals surface area (Å²) in [5, 5.41) is 19.4. The predicted molar refractivity (Wildman–Crippen MR) is 112 cm³/mol. The molecule has 0 saturated carbocycles. The van der Waals surface area contributed by atoms with E-state index in [0.717, 1.165) is 24.4 Å². The van der Waals surface area contributed by atoms with Crippen LogP contribution in [0.15, 0.2) is 34.9 Å². The molecular formula is C19H19BrF4N2O5S. The van der Waals surface area contributed by atoms with Gasteiger partial charge in [0.15, 0.2) is 0 Å². The van der Waals surface area contributed by atoms with E-state index in [2.05, 4.69) is 20.9 Å². The highest BCUT2D eigenvalue weighted by molar-refractivity contribution is 9.10. The first-order chi connectivity index (χ1) is 14.6. The second-order valence-electron chi connectivity index (χ2n) is 7.56. The standard InChI is InChI=1S/C19H19BrF4N2O5S/c1-18(2,17(28)29)7-12(27)9-26(32(30)31)11-3-4-13(15(6-11)19(22,23)24)14-5-10(20)8-25-16(14)21/h3-6,8,12,27H,7,9H2,1-2H3,(H,28,29)(H,30,31)/t12-/m0/s1. The molecule has 0 aliphatic heterocycles. The second kappa shape index (κ2) is 9.81. The summed E-state index contributed by atoms with van der Waals surface area (Å²) in [5.74, 6) is -2.36. The number of hydrogen-bond acceptors (Lipinski definition) is 4. The molecular weight excluding hydrogens is 524 g/mol. The number of alkyl halides is 3. The molecule has 0 spiro atoms. The van der Waals surface area contributed by atoms with Crippen LogP contribution in [-0.2, 0) is 22.2 Å². The molecule has 176 valence electrons. The van der Waals surface area contributed by atoms with Gasteiger partial charge in [-0.25, -0.2) is 9.19 Å². The number of hydrogen-bond donors (Lipinski definition) is 3. The van der Waals surface area contributed by atoms with E-state index < -0.39 is 64.1 Å². The van der Waals surface area contributed by atoms with Crippen molar-refractivity contribution in [3.05, 3.63) is 46.4 Å². The van der Waals surface area contributed by atoms with Gasteiger partial charge < -0.3 is 10.2 Å². The van der Waals surface area contributed by atoms with Crippen LogP contribution < -0.4 is 4.31 Å². The number of carboxylic acids is 1. The first-order valence-electron chi connectivity index (χ1n) is 8.96. The lowest BCUT2D eigenvalue weighted by Crippen LogP contribution is -2.38. The van der Waals surface area contributed by atoms with Crippen LogP contribution in [0.4, 0.5) is 23.2 Å². The van der Waals surface area contributed by atoms with Gasteiger partial charge in [-0.1, -0.05) is 6.07 Å². The fourth-order valence-corrected chi connectivity index (χ4v) is 3.88. The molecule has 2 atom stereocenters. The number of halogens is 5. The van der Waals surface area contributed by atoms with Gasteiger partial charge in [0.05, 0.1) is 29.3 Å². The molecule has 0 aliphatic carbocycles. The van der Waals surface area contributed by atoms with Crippen molar-refractivity contribution in [2.45, 2.75) is 32.5 Å². The van der Waals surface area contributed by atoms with Crippen LogP contribution in [0.5, 0.6) is 0 Å². The highest BCUT2D eigenvalue weighted by Gasteiger charge is 2.36. The molecule has 1 aromatic heterocycles. The Kier molecular flexibility index (Phi) is 8.02. The Morgan fingerprint density at radius 3 is 2.41 bits per heavy atom. The van der Waals surface area contributed by atoms with E-state index in [1.54, 1.807) is 0 Å². The zero-order valence-corrected chi connectivity index (χ0v) is 19.1. The van der Waals surface area contributed by atoms with Crippen molar-refractivity contribution in [2.75, 3.05) is 10.8 Å². The van der Waals surface area contributed by atoms with Gasteiger partial charge in [-0.2, -0.15) is 17.6 Å². The Morgan fingerprint density at radius 1 is 1.25 bits per heavy atom. The maximum Gasteiger partial charge on any atom is 0.417 e. The number of carbonyl (C=O) groups is 1. The minimum Gasteiger partial charge on any atom is -0.481 e. The molecule has 32 heavy (non-hydrogen) atoms. The Balaban J connectivity index is 2.50. The largest absolute Gasteiger partial charge is 0.481 e. The van der Waals surface area contributed by atoms with Crippen molar-refractivity contribution in [1.82, 2.24) is 4.98 Å². The molecule has 2 aromatic rings. The van der Waals surface area contributed by atoms with Crippen LogP contribution in [0, 0.1) is 11.4 Å². The predicted octanol–water partition coefficient (Wildman–Crippen LogP) is 4.47. The quantitative estimate of drug-likeness (QED) is 0.258. The number of aliphatic hydroxyl groups is 1. The lowest BCUT2D eigenvalue weighted by Gasteiger charge is -2.28. The number of benzene rings is 1. The SMILES string of the molecule is CC(C)(C[C@H](O)CN(c1ccc(-c2cc(Br)cnc2F)c(C(F)(F)F)c1)S(=O)O)C(=O)O. The van der Waals surface area contributed by atoms with Crippen molar-refractivity contribution in [2.24, 2.45) is 5.41 Å². The monoisotopic (exact) mass is 542 g/mol. The number of anilines is 1. The summed E-state index contributed by atoms with van der Waals surface area (Å²) in [6.07, 6.45) is -5.64. The summed E-state index contributed by atoms with van der Waals surface area (Å²) in [6.45, 7) is 2.04. The van der Waals surface area contributed by atoms with Crippen LogP contribution in [0.3, 0.4) is 0 Å². The van der Waals surface area contributed by atoms with Gasteiger partial charge in [-0.3, -0.25) is 13.7 Å². The van der Waals surface area contributed by atoms with E-state index in [9.17, 15) is 36.2 Å². The number of aliphatic carboxylic acids is 1. The van der Waals surface area contributed by atoms with Crippen molar-refractivity contribution >= 4 is 38.9 Å². The van der Waals surface area contributed by atoms with Gasteiger partial charge in [0.25, 0.3) is 11.3 Å². The highest BCUT2D eigenvalue weighted by atomic mass is 79.9. The number of rotatable bonds is 8. The summed E-state index contributed by atoms with van der Waals surface area (Å²) in [4.78, 5) is 14.6. The van der Waals surface area contributed by atoms with E-state index in [-0.39, 0.29) is 16.6 Å². The average Bonchev–Trinajstić information content (AvgIpc) is 2.66. The Labute approximate surface area is 191 Å². The molecule has 1 aromatic carbocycles. The smallest absolute Gasteiger partial charge is 0.417 e. The van der Waals surface area contributed by atoms with Crippen LogP contribution in [0.25, 0.3) is 11.1 Å². The molecule has 0 saturated heterocycles. The van der Waals surface area contributed by atoms with Crippen molar-refractivity contribution in [3.8, 4) is 11.1 Å². The van der Waals surface area contributed by atoms with E-state index in [1.807, 2.05) is 0 Å². The summed E-state index contributed by atoms with van der Waals surface area (Å²) in [5.41, 5.74) is -4.02. The van der Waals surface area contributed by atoms with Gasteiger partial charge in [0.1, 0.15) is 0 Å². The van der Waals surface area contributed by atoms with Crippen molar-refractivity contribution in [3.63, 3.8) is 0 Å². The van der Waals surface area contributed by atoms with Crippen molar-refractivity contribution in [1.29, 1.82) is 0 Å². The highest BCUT2D eigenvalue weighted by Crippen LogP contribution is 2.40. The number of aliphatic hydroxyl groups excluding tert-OH is 1. The van der Waals surface area contributed by atoms with E-state index in [4.69, 9.17) is 5.11 Å². The molecule has 0 bridgehead atoms. The van der Waals surface area contributed by atoms with Gasteiger partial charge >= 0.3 is 12.1 Å². The van der Waals surface area contributed by atoms with Gasteiger partial charge in [0, 0.05) is 16.2 Å². The van der Waals surface area contributed by atoms with E-state index in [1.165, 1.54) is 13.8 Å². The topological polar surface area (TPSA) is 111 Å². The molecule has 2 rings (SSSR count). The number of aromatic nitrogens is 1. The van der Waals surface area contributed by atoms with Crippen LogP contribution in [0.2, 0.25) is 0 Å². The molecule has 1 heterocycles. The molecule has 0 radical (unpaired) electrons. The van der Waals surface area contributed by atoms with Crippen LogP contribution in [-0.4, -0.2) is 42.6 Å². The Hall–Kier alpha value is -2.09. The molecule has 7 nitrogen and oxygen atoms in total. The lowest BCUT2D eigenvalue weighted by atomic mass is 9.87. The minimum atomic E-state index is -4.95. The Morgan fingerprint density at radius 2 is 1.88 bits per heavy atom. The number of nitrogens with zero attached hydrogens (tertiary/aromatic N) is 2. The summed E-state index contributed by atoms with van der Waals surface area (Å²) in [7, 11) is 0. The maximum atomic E-state index is 14.1. The third-order valence-electron chi connectivity index (χ3n) is 4.58. The maximum absolute atomic E-state index is 14.1. The third kappa shape index (κ3) is 6.24. The third-order valence-corrected chi connectivity index (χ3v) is 5.75. The first-order valence-corrected chi connectivity index (χ1v) is 10.8. The summed E-state index contributed by atoms with van der Waals surface area (Å²) in [6, 6.07) is 3.66. The summed E-state index contributed by atoms with van der Waals surface area (Å²) >= 11 is 0.181. The van der Waals surface area contributed by atoms with E-state index in [0.29, 0.717) is 10.4 Å². The minimum absolute atomic E-state index is 0.244. The van der Waals surface area contributed by atoms with Crippen LogP contribution in [0.1, 0.15) is 25.8 Å². The fraction of sp³-hybridized carbons (Fsp3) is 0.368. The van der Waals surface area contributed by atoms with Gasteiger partial charge in [0.2, 0.25) is 5.95 Å². The lowest BCUT2D eigenvalue weighted by molar-refractivity contribution is -0.148. The normalized spacial score (nSPS) is 14.2. The molecule has 1 unspecified atom stereocenters. The zero-order chi connectivity index (χ0) is 24.4. The number of pyridine rings is 1. The zero-order valence-electron chi connectivity index (χ0n) is 16.7. The van der Waals surface area contributed by atoms with Gasteiger partial charge in [-0.15, -0.1) is 0 Å². The van der Waals surface area contributed by atoms with E-state index >= 15 is 0 Å². The Bertz CT molecular complexity index is 1040. The molecule has 0 aliphatic rings. The fourth-order valence-electron chi connectivity index (χ4n) is 2.96. The first kappa shape index (κ1) is 26.2. The average molecular weight is 543 g/mol. The molecule has 13 heteroatoms. The molecule has 3 N–H and O–H groups in total. The van der Waals surface area contributed by atoms with Crippen LogP contribution >= 0.6 is 15.9 Å². The summed E-state index contributed by atoms with van der Waals surface area (Å²) < 4.78 is 77.6. The molecule has 0 amide bonds.